The molecule has 3 rings (SSSR count). The average molecular weight is 411 g/mol. The van der Waals surface area contributed by atoms with Crippen LogP contribution in [-0.2, 0) is 20.0 Å². The highest BCUT2D eigenvalue weighted by Gasteiger charge is 2.29. The standard InChI is InChI=1S/C18H22N2O5S2/c1-13-6-4-7-18(14(13)2)27(23,24)19-16-12-15(8-9-17(16)25-3)20-10-5-11-26(20,21)22/h4,6-9,12,19H,5,10-11H2,1-3H3. The van der Waals surface area contributed by atoms with Gasteiger partial charge < -0.3 is 4.74 Å². The second-order valence-corrected chi connectivity index (χ2v) is 10.1. The van der Waals surface area contributed by atoms with Crippen LogP contribution in [0.25, 0.3) is 0 Å². The number of nitrogens with zero attached hydrogens (tertiary/aromatic N) is 1. The summed E-state index contributed by atoms with van der Waals surface area (Å²) >= 11 is 0. The van der Waals surface area contributed by atoms with Crippen molar-refractivity contribution in [2.24, 2.45) is 0 Å². The molecule has 1 heterocycles. The Bertz CT molecular complexity index is 1080. The number of hydrogen-bond donors (Lipinski definition) is 1. The quantitative estimate of drug-likeness (QED) is 0.818. The van der Waals surface area contributed by atoms with Gasteiger partial charge in [0.2, 0.25) is 10.0 Å². The number of ether oxygens (including phenoxy) is 1. The van der Waals surface area contributed by atoms with E-state index in [2.05, 4.69) is 4.72 Å². The van der Waals surface area contributed by atoms with Crippen LogP contribution in [0.15, 0.2) is 41.3 Å². The monoisotopic (exact) mass is 410 g/mol. The molecule has 0 bridgehead atoms. The number of anilines is 2. The van der Waals surface area contributed by atoms with E-state index < -0.39 is 20.0 Å². The van der Waals surface area contributed by atoms with Gasteiger partial charge in [0.25, 0.3) is 10.0 Å². The van der Waals surface area contributed by atoms with Gasteiger partial charge in [0.15, 0.2) is 0 Å². The summed E-state index contributed by atoms with van der Waals surface area (Å²) in [6.07, 6.45) is 0.540. The fraction of sp³-hybridized carbons (Fsp3) is 0.333. The van der Waals surface area contributed by atoms with Gasteiger partial charge >= 0.3 is 0 Å². The zero-order chi connectivity index (χ0) is 19.8. The lowest BCUT2D eigenvalue weighted by atomic mass is 10.1. The van der Waals surface area contributed by atoms with Crippen LogP contribution in [-0.4, -0.2) is 36.2 Å². The van der Waals surface area contributed by atoms with Crippen molar-refractivity contribution in [1.82, 2.24) is 0 Å². The summed E-state index contributed by atoms with van der Waals surface area (Å²) in [5.41, 5.74) is 2.12. The van der Waals surface area contributed by atoms with Crippen LogP contribution in [0.4, 0.5) is 11.4 Å². The van der Waals surface area contributed by atoms with Crippen molar-refractivity contribution in [3.8, 4) is 5.75 Å². The molecule has 27 heavy (non-hydrogen) atoms. The first-order valence-corrected chi connectivity index (χ1v) is 11.5. The minimum atomic E-state index is -3.87. The Morgan fingerprint density at radius 3 is 2.52 bits per heavy atom. The highest BCUT2D eigenvalue weighted by molar-refractivity contribution is 7.93. The van der Waals surface area contributed by atoms with Crippen molar-refractivity contribution in [2.75, 3.05) is 28.4 Å². The summed E-state index contributed by atoms with van der Waals surface area (Å²) in [6, 6.07) is 9.72. The molecule has 1 saturated heterocycles. The first kappa shape index (κ1) is 19.5. The largest absolute Gasteiger partial charge is 0.495 e. The summed E-state index contributed by atoms with van der Waals surface area (Å²) in [4.78, 5) is 0.170. The average Bonchev–Trinajstić information content (AvgIpc) is 2.96. The Labute approximate surface area is 160 Å². The van der Waals surface area contributed by atoms with E-state index in [4.69, 9.17) is 4.74 Å². The molecule has 0 radical (unpaired) electrons. The molecule has 146 valence electrons. The fourth-order valence-corrected chi connectivity index (χ4v) is 6.01. The number of methoxy groups -OCH3 is 1. The van der Waals surface area contributed by atoms with Crippen molar-refractivity contribution < 1.29 is 21.6 Å². The van der Waals surface area contributed by atoms with Gasteiger partial charge in [0, 0.05) is 6.54 Å². The number of rotatable bonds is 5. The van der Waals surface area contributed by atoms with Crippen molar-refractivity contribution in [2.45, 2.75) is 25.2 Å². The lowest BCUT2D eigenvalue weighted by Crippen LogP contribution is -2.25. The highest BCUT2D eigenvalue weighted by Crippen LogP contribution is 2.34. The van der Waals surface area contributed by atoms with E-state index in [1.807, 2.05) is 13.0 Å². The molecule has 0 atom stereocenters. The molecule has 0 unspecified atom stereocenters. The van der Waals surface area contributed by atoms with E-state index in [1.54, 1.807) is 25.1 Å². The maximum atomic E-state index is 12.9. The lowest BCUT2D eigenvalue weighted by molar-refractivity contribution is 0.417. The van der Waals surface area contributed by atoms with Crippen LogP contribution in [0.3, 0.4) is 0 Å². The Morgan fingerprint density at radius 1 is 1.15 bits per heavy atom. The van der Waals surface area contributed by atoms with Crippen molar-refractivity contribution in [3.63, 3.8) is 0 Å². The molecule has 1 N–H and O–H groups in total. The second-order valence-electron chi connectivity index (χ2n) is 6.43. The molecule has 9 heteroatoms. The number of aryl methyl sites for hydroxylation is 1. The minimum Gasteiger partial charge on any atom is -0.495 e. The van der Waals surface area contributed by atoms with Gasteiger partial charge in [0.05, 0.1) is 29.1 Å². The first-order valence-electron chi connectivity index (χ1n) is 8.43. The molecule has 0 spiro atoms. The molecule has 0 aromatic heterocycles. The highest BCUT2D eigenvalue weighted by atomic mass is 32.2. The molecule has 1 aliphatic rings. The van der Waals surface area contributed by atoms with Crippen molar-refractivity contribution >= 4 is 31.4 Å². The Morgan fingerprint density at radius 2 is 1.89 bits per heavy atom. The minimum absolute atomic E-state index is 0.0859. The van der Waals surface area contributed by atoms with Crippen molar-refractivity contribution in [3.05, 3.63) is 47.5 Å². The van der Waals surface area contributed by atoms with E-state index in [0.717, 1.165) is 5.56 Å². The zero-order valence-corrected chi connectivity index (χ0v) is 17.0. The SMILES string of the molecule is COc1ccc(N2CCCS2(=O)=O)cc1NS(=O)(=O)c1cccc(C)c1C. The number of sulfonamides is 2. The van der Waals surface area contributed by atoms with Gasteiger partial charge in [-0.05, 0) is 55.7 Å². The zero-order valence-electron chi connectivity index (χ0n) is 15.4. The van der Waals surface area contributed by atoms with Crippen LogP contribution in [0.1, 0.15) is 17.5 Å². The van der Waals surface area contributed by atoms with Gasteiger partial charge in [-0.3, -0.25) is 9.03 Å². The normalized spacial score (nSPS) is 16.3. The fourth-order valence-electron chi connectivity index (χ4n) is 3.08. The number of benzene rings is 2. The molecule has 1 aliphatic heterocycles. The maximum absolute atomic E-state index is 12.9. The smallest absolute Gasteiger partial charge is 0.262 e. The van der Waals surface area contributed by atoms with Crippen LogP contribution in [0, 0.1) is 13.8 Å². The van der Waals surface area contributed by atoms with Gasteiger partial charge in [-0.1, -0.05) is 12.1 Å². The molecular weight excluding hydrogens is 388 g/mol. The van der Waals surface area contributed by atoms with Crippen LogP contribution >= 0.6 is 0 Å². The summed E-state index contributed by atoms with van der Waals surface area (Å²) in [7, 11) is -5.81. The lowest BCUT2D eigenvalue weighted by Gasteiger charge is -2.20. The third kappa shape index (κ3) is 3.74. The molecule has 0 aliphatic carbocycles. The third-order valence-corrected chi connectivity index (χ3v) is 8.04. The predicted molar refractivity (Wildman–Crippen MR) is 105 cm³/mol. The van der Waals surface area contributed by atoms with Crippen molar-refractivity contribution in [1.29, 1.82) is 0 Å². The van der Waals surface area contributed by atoms with E-state index in [-0.39, 0.29) is 16.3 Å². The van der Waals surface area contributed by atoms with Crippen LogP contribution < -0.4 is 13.8 Å². The van der Waals surface area contributed by atoms with E-state index >= 15 is 0 Å². The summed E-state index contributed by atoms with van der Waals surface area (Å²) in [5, 5.41) is 0. The maximum Gasteiger partial charge on any atom is 0.262 e. The molecular formula is C18H22N2O5S2. The Hall–Kier alpha value is -2.26. The van der Waals surface area contributed by atoms with Gasteiger partial charge in [-0.25, -0.2) is 16.8 Å². The second kappa shape index (κ2) is 7.05. The summed E-state index contributed by atoms with van der Waals surface area (Å²) in [6.45, 7) is 3.96. The van der Waals surface area contributed by atoms with Crippen LogP contribution in [0.5, 0.6) is 5.75 Å². The van der Waals surface area contributed by atoms with Gasteiger partial charge in [-0.2, -0.15) is 0 Å². The summed E-state index contributed by atoms with van der Waals surface area (Å²) in [5.74, 6) is 0.395. The Balaban J connectivity index is 2.03. The van der Waals surface area contributed by atoms with E-state index in [1.165, 1.54) is 23.5 Å². The predicted octanol–water partition coefficient (Wildman–Crippen LogP) is 2.65. The van der Waals surface area contributed by atoms with Crippen LogP contribution in [0.2, 0.25) is 0 Å². The van der Waals surface area contributed by atoms with Gasteiger partial charge in [0.1, 0.15) is 5.75 Å². The molecule has 0 amide bonds. The van der Waals surface area contributed by atoms with Gasteiger partial charge in [-0.15, -0.1) is 0 Å². The topological polar surface area (TPSA) is 92.8 Å². The molecule has 1 fully saturated rings. The first-order chi connectivity index (χ1) is 12.7. The van der Waals surface area contributed by atoms with E-state index in [9.17, 15) is 16.8 Å². The molecule has 2 aromatic carbocycles. The molecule has 0 saturated carbocycles. The molecule has 7 nitrogen and oxygen atoms in total. The Kier molecular flexibility index (Phi) is 5.09. The summed E-state index contributed by atoms with van der Waals surface area (Å²) < 4.78 is 59.2. The van der Waals surface area contributed by atoms with E-state index in [0.29, 0.717) is 30.0 Å². The third-order valence-electron chi connectivity index (χ3n) is 4.66. The number of nitrogens with one attached hydrogen (secondary N) is 1. The number of hydrogen-bond acceptors (Lipinski definition) is 5. The molecule has 2 aromatic rings.